The number of hydrogen-bond acceptors (Lipinski definition) is 2. The zero-order valence-corrected chi connectivity index (χ0v) is 12.8. The number of halogens is 2. The molecule has 2 aromatic carbocycles. The van der Waals surface area contributed by atoms with Gasteiger partial charge in [-0.3, -0.25) is 4.79 Å². The summed E-state index contributed by atoms with van der Waals surface area (Å²) >= 11 is 5.72. The third-order valence-electron chi connectivity index (χ3n) is 3.85. The Bertz CT molecular complexity index is 670. The molecule has 0 unspecified atom stereocenters. The first-order valence-electron chi connectivity index (χ1n) is 7.19. The molecular weight excluding hydrogens is 303 g/mol. The lowest BCUT2D eigenvalue weighted by atomic mass is 10.1. The molecule has 3 rings (SSSR count). The van der Waals surface area contributed by atoms with Crippen molar-refractivity contribution in [2.75, 3.05) is 31.1 Å². The van der Waals surface area contributed by atoms with Crippen LogP contribution in [0.1, 0.15) is 10.4 Å². The Balaban J connectivity index is 1.67. The fourth-order valence-electron chi connectivity index (χ4n) is 2.64. The maximum atomic E-state index is 13.9. The van der Waals surface area contributed by atoms with Crippen LogP contribution in [0.25, 0.3) is 0 Å². The van der Waals surface area contributed by atoms with Crippen molar-refractivity contribution >= 4 is 23.2 Å². The molecule has 0 aliphatic carbocycles. The molecule has 0 N–H and O–H groups in total. The Morgan fingerprint density at radius 3 is 2.32 bits per heavy atom. The van der Waals surface area contributed by atoms with E-state index in [1.807, 2.05) is 18.2 Å². The second kappa shape index (κ2) is 6.36. The molecule has 114 valence electrons. The molecule has 1 saturated heterocycles. The number of hydrogen-bond donors (Lipinski definition) is 0. The Morgan fingerprint density at radius 2 is 1.68 bits per heavy atom. The highest BCUT2D eigenvalue weighted by molar-refractivity contribution is 6.30. The highest BCUT2D eigenvalue weighted by Crippen LogP contribution is 2.19. The van der Waals surface area contributed by atoms with Crippen LogP contribution in [0, 0.1) is 5.82 Å². The number of piperazine rings is 1. The normalized spacial score (nSPS) is 15.0. The van der Waals surface area contributed by atoms with Gasteiger partial charge in [-0.25, -0.2) is 4.39 Å². The topological polar surface area (TPSA) is 23.6 Å². The average molecular weight is 319 g/mol. The van der Waals surface area contributed by atoms with Gasteiger partial charge in [0.2, 0.25) is 0 Å². The Hall–Kier alpha value is -2.07. The second-order valence-corrected chi connectivity index (χ2v) is 5.68. The number of anilines is 1. The molecule has 5 heteroatoms. The molecule has 0 atom stereocenters. The van der Waals surface area contributed by atoms with Crippen LogP contribution in [0.5, 0.6) is 0 Å². The van der Waals surface area contributed by atoms with Crippen molar-refractivity contribution in [3.05, 3.63) is 64.9 Å². The van der Waals surface area contributed by atoms with Crippen LogP contribution < -0.4 is 4.90 Å². The van der Waals surface area contributed by atoms with Gasteiger partial charge < -0.3 is 9.80 Å². The van der Waals surface area contributed by atoms with E-state index in [-0.39, 0.29) is 11.5 Å². The minimum Gasteiger partial charge on any atom is -0.368 e. The first-order valence-corrected chi connectivity index (χ1v) is 7.57. The summed E-state index contributed by atoms with van der Waals surface area (Å²) in [5.74, 6) is -0.843. The van der Waals surface area contributed by atoms with Crippen molar-refractivity contribution in [3.63, 3.8) is 0 Å². The smallest absolute Gasteiger partial charge is 0.256 e. The van der Waals surface area contributed by atoms with Crippen molar-refractivity contribution < 1.29 is 9.18 Å². The number of para-hydroxylation sites is 1. The molecule has 2 aromatic rings. The summed E-state index contributed by atoms with van der Waals surface area (Å²) in [5, 5.41) is 0.294. The number of nitrogens with zero attached hydrogens (tertiary/aromatic N) is 2. The summed E-state index contributed by atoms with van der Waals surface area (Å²) in [6.45, 7) is 2.64. The van der Waals surface area contributed by atoms with E-state index < -0.39 is 5.82 Å². The largest absolute Gasteiger partial charge is 0.368 e. The van der Waals surface area contributed by atoms with E-state index >= 15 is 0 Å². The molecule has 1 heterocycles. The first kappa shape index (κ1) is 14.9. The minimum atomic E-state index is -0.567. The summed E-state index contributed by atoms with van der Waals surface area (Å²) in [6.07, 6.45) is 0. The second-order valence-electron chi connectivity index (χ2n) is 5.24. The zero-order chi connectivity index (χ0) is 15.5. The Morgan fingerprint density at radius 1 is 1.00 bits per heavy atom. The molecule has 22 heavy (non-hydrogen) atoms. The van der Waals surface area contributed by atoms with Crippen molar-refractivity contribution in [3.8, 4) is 0 Å². The minimum absolute atomic E-state index is 0.0811. The van der Waals surface area contributed by atoms with Gasteiger partial charge in [0.05, 0.1) is 5.56 Å². The van der Waals surface area contributed by atoms with Crippen LogP contribution in [0.15, 0.2) is 48.5 Å². The lowest BCUT2D eigenvalue weighted by Crippen LogP contribution is -2.49. The highest BCUT2D eigenvalue weighted by atomic mass is 35.5. The standard InChI is InChI=1S/C17H16ClFN2O/c18-13-6-7-15(16(19)12-13)17(22)21-10-8-20(9-11-21)14-4-2-1-3-5-14/h1-7,12H,8-11H2. The number of carbonyl (C=O) groups excluding carboxylic acids is 1. The summed E-state index contributed by atoms with van der Waals surface area (Å²) in [7, 11) is 0. The van der Waals surface area contributed by atoms with E-state index in [0.717, 1.165) is 18.8 Å². The molecule has 1 fully saturated rings. The Kier molecular flexibility index (Phi) is 4.29. The van der Waals surface area contributed by atoms with E-state index in [1.54, 1.807) is 4.90 Å². The fourth-order valence-corrected chi connectivity index (χ4v) is 2.80. The van der Waals surface area contributed by atoms with Crippen LogP contribution in [-0.4, -0.2) is 37.0 Å². The third kappa shape index (κ3) is 3.07. The molecule has 1 amide bonds. The first-order chi connectivity index (χ1) is 10.6. The lowest BCUT2D eigenvalue weighted by molar-refractivity contribution is 0.0742. The molecule has 0 spiro atoms. The molecule has 0 saturated carbocycles. The van der Waals surface area contributed by atoms with E-state index in [1.165, 1.54) is 18.2 Å². The number of carbonyl (C=O) groups is 1. The van der Waals surface area contributed by atoms with Gasteiger partial charge >= 0.3 is 0 Å². The summed E-state index contributed by atoms with van der Waals surface area (Å²) in [6, 6.07) is 14.2. The van der Waals surface area contributed by atoms with Crippen LogP contribution in [0.3, 0.4) is 0 Å². The number of benzene rings is 2. The Labute approximate surface area is 133 Å². The van der Waals surface area contributed by atoms with E-state index in [0.29, 0.717) is 18.1 Å². The molecule has 1 aliphatic rings. The average Bonchev–Trinajstić information content (AvgIpc) is 2.55. The quantitative estimate of drug-likeness (QED) is 0.847. The van der Waals surface area contributed by atoms with Crippen molar-refractivity contribution in [1.82, 2.24) is 4.90 Å². The van der Waals surface area contributed by atoms with Gasteiger partial charge in [-0.1, -0.05) is 29.8 Å². The maximum Gasteiger partial charge on any atom is 0.256 e. The highest BCUT2D eigenvalue weighted by Gasteiger charge is 2.24. The fraction of sp³-hybridized carbons (Fsp3) is 0.235. The van der Waals surface area contributed by atoms with E-state index in [4.69, 9.17) is 11.6 Å². The predicted octanol–water partition coefficient (Wildman–Crippen LogP) is 3.44. The van der Waals surface area contributed by atoms with Crippen molar-refractivity contribution in [1.29, 1.82) is 0 Å². The van der Waals surface area contributed by atoms with Gasteiger partial charge in [-0.2, -0.15) is 0 Å². The molecule has 1 aliphatic heterocycles. The summed E-state index contributed by atoms with van der Waals surface area (Å²) in [4.78, 5) is 16.3. The molecule has 3 nitrogen and oxygen atoms in total. The SMILES string of the molecule is O=C(c1ccc(Cl)cc1F)N1CCN(c2ccccc2)CC1. The van der Waals surface area contributed by atoms with Gasteiger partial charge in [-0.05, 0) is 30.3 Å². The number of amides is 1. The van der Waals surface area contributed by atoms with Crippen LogP contribution in [0.2, 0.25) is 5.02 Å². The lowest BCUT2D eigenvalue weighted by Gasteiger charge is -2.36. The van der Waals surface area contributed by atoms with Gasteiger partial charge in [0, 0.05) is 36.9 Å². The molecule has 0 radical (unpaired) electrons. The van der Waals surface area contributed by atoms with Gasteiger partial charge in [-0.15, -0.1) is 0 Å². The predicted molar refractivity (Wildman–Crippen MR) is 86.0 cm³/mol. The molecular formula is C17H16ClFN2O. The van der Waals surface area contributed by atoms with Gasteiger partial charge in [0.25, 0.3) is 5.91 Å². The van der Waals surface area contributed by atoms with E-state index in [9.17, 15) is 9.18 Å². The van der Waals surface area contributed by atoms with Crippen molar-refractivity contribution in [2.24, 2.45) is 0 Å². The van der Waals surface area contributed by atoms with E-state index in [2.05, 4.69) is 17.0 Å². The maximum absolute atomic E-state index is 13.9. The van der Waals surface area contributed by atoms with Crippen LogP contribution >= 0.6 is 11.6 Å². The molecule has 0 aromatic heterocycles. The molecule has 0 bridgehead atoms. The summed E-state index contributed by atoms with van der Waals surface area (Å²) < 4.78 is 13.9. The van der Waals surface area contributed by atoms with Gasteiger partial charge in [0.15, 0.2) is 0 Å². The van der Waals surface area contributed by atoms with Gasteiger partial charge in [0.1, 0.15) is 5.82 Å². The van der Waals surface area contributed by atoms with Crippen LogP contribution in [0.4, 0.5) is 10.1 Å². The summed E-state index contributed by atoms with van der Waals surface area (Å²) in [5.41, 5.74) is 1.23. The van der Waals surface area contributed by atoms with Crippen LogP contribution in [-0.2, 0) is 0 Å². The monoisotopic (exact) mass is 318 g/mol. The third-order valence-corrected chi connectivity index (χ3v) is 4.08. The van der Waals surface area contributed by atoms with Crippen molar-refractivity contribution in [2.45, 2.75) is 0 Å². The zero-order valence-electron chi connectivity index (χ0n) is 12.0. The number of rotatable bonds is 2.